The van der Waals surface area contributed by atoms with E-state index in [9.17, 15) is 9.50 Å². The van der Waals surface area contributed by atoms with E-state index >= 15 is 0 Å². The monoisotopic (exact) mass is 422 g/mol. The van der Waals surface area contributed by atoms with Gasteiger partial charge in [0.1, 0.15) is 17.3 Å². The number of halogens is 1. The third kappa shape index (κ3) is 2.97. The van der Waals surface area contributed by atoms with E-state index in [1.54, 1.807) is 30.9 Å². The van der Waals surface area contributed by atoms with E-state index in [1.807, 2.05) is 30.3 Å². The minimum Gasteiger partial charge on any atom is -0.508 e. The Kier molecular flexibility index (Phi) is 3.97. The molecule has 0 saturated heterocycles. The molecule has 0 unspecified atom stereocenters. The largest absolute Gasteiger partial charge is 0.508 e. The third-order valence-electron chi connectivity index (χ3n) is 5.39. The summed E-state index contributed by atoms with van der Waals surface area (Å²) in [6.45, 7) is 0. The number of phenolic OH excluding ortho intramolecular Hbond substituents is 1. The van der Waals surface area contributed by atoms with Crippen molar-refractivity contribution < 1.29 is 9.50 Å². The Morgan fingerprint density at radius 3 is 2.66 bits per heavy atom. The maximum atomic E-state index is 13.9. The Balaban J connectivity index is 1.52. The van der Waals surface area contributed by atoms with Crippen LogP contribution >= 0.6 is 0 Å². The fraction of sp³-hybridized carbons (Fsp3) is 0. The number of H-pyrrole nitrogens is 2. The Labute approximate surface area is 180 Å². The summed E-state index contributed by atoms with van der Waals surface area (Å²) in [4.78, 5) is 16.3. The Hall–Kier alpha value is -4.59. The molecule has 0 amide bonds. The van der Waals surface area contributed by atoms with E-state index < -0.39 is 5.82 Å². The number of aromatic hydroxyl groups is 1. The van der Waals surface area contributed by atoms with Gasteiger partial charge >= 0.3 is 0 Å². The molecule has 6 rings (SSSR count). The van der Waals surface area contributed by atoms with Crippen LogP contribution < -0.4 is 0 Å². The lowest BCUT2D eigenvalue weighted by molar-refractivity contribution is 0.469. The van der Waals surface area contributed by atoms with Crippen LogP contribution in [0.2, 0.25) is 0 Å². The molecular weight excluding hydrogens is 407 g/mol. The number of nitrogens with one attached hydrogen (secondary N) is 2. The number of fused-ring (bicyclic) bond motifs is 2. The number of hydrogen-bond acceptors (Lipinski definition) is 5. The first-order valence-corrected chi connectivity index (χ1v) is 9.88. The molecule has 3 N–H and O–H groups in total. The zero-order chi connectivity index (χ0) is 21.7. The van der Waals surface area contributed by atoms with Crippen molar-refractivity contribution in [2.24, 2.45) is 0 Å². The summed E-state index contributed by atoms with van der Waals surface area (Å²) in [5.41, 5.74) is 5.98. The number of hydrogen-bond donors (Lipinski definition) is 3. The number of pyridine rings is 1. The van der Waals surface area contributed by atoms with E-state index in [0.717, 1.165) is 44.9 Å². The standard InChI is InChI=1S/C24H15FN6O/c25-15-6-13(7-16(32)9-15)17-2-1-3-20-18(17)10-21(29-20)23-19-8-14(11-28-24(19)31-30-23)22-12-26-4-5-27-22/h1-12,29,32H,(H,28,30,31). The van der Waals surface area contributed by atoms with Gasteiger partial charge in [-0.2, -0.15) is 5.10 Å². The minimum atomic E-state index is -0.492. The van der Waals surface area contributed by atoms with Crippen LogP contribution in [0.4, 0.5) is 4.39 Å². The molecule has 0 bridgehead atoms. The zero-order valence-corrected chi connectivity index (χ0v) is 16.5. The van der Waals surface area contributed by atoms with Gasteiger partial charge in [0, 0.05) is 46.5 Å². The summed E-state index contributed by atoms with van der Waals surface area (Å²) in [6, 6.07) is 13.7. The predicted molar refractivity (Wildman–Crippen MR) is 119 cm³/mol. The van der Waals surface area contributed by atoms with Crippen molar-refractivity contribution in [3.05, 3.63) is 79.1 Å². The van der Waals surface area contributed by atoms with Gasteiger partial charge in [0.15, 0.2) is 5.65 Å². The maximum absolute atomic E-state index is 13.9. The second-order valence-electron chi connectivity index (χ2n) is 7.43. The third-order valence-corrected chi connectivity index (χ3v) is 5.39. The summed E-state index contributed by atoms with van der Waals surface area (Å²) < 4.78 is 13.9. The van der Waals surface area contributed by atoms with Crippen molar-refractivity contribution >= 4 is 21.9 Å². The number of benzene rings is 2. The second kappa shape index (κ2) is 6.98. The number of rotatable bonds is 3. The van der Waals surface area contributed by atoms with E-state index in [4.69, 9.17) is 0 Å². The van der Waals surface area contributed by atoms with Gasteiger partial charge in [0.05, 0.1) is 17.6 Å². The van der Waals surface area contributed by atoms with Crippen LogP contribution in [-0.4, -0.2) is 35.2 Å². The van der Waals surface area contributed by atoms with Crippen LogP contribution in [0.15, 0.2) is 73.3 Å². The van der Waals surface area contributed by atoms with Crippen LogP contribution in [-0.2, 0) is 0 Å². The van der Waals surface area contributed by atoms with Gasteiger partial charge in [-0.1, -0.05) is 12.1 Å². The SMILES string of the molecule is Oc1cc(F)cc(-c2cccc3[nH]c(-c4n[nH]c5ncc(-c6cnccn6)cc45)cc23)c1. The van der Waals surface area contributed by atoms with Crippen LogP contribution in [0.5, 0.6) is 5.75 Å². The molecule has 0 radical (unpaired) electrons. The fourth-order valence-corrected chi connectivity index (χ4v) is 3.96. The molecule has 32 heavy (non-hydrogen) atoms. The van der Waals surface area contributed by atoms with E-state index in [1.165, 1.54) is 6.07 Å². The van der Waals surface area contributed by atoms with E-state index in [2.05, 4.69) is 30.1 Å². The highest BCUT2D eigenvalue weighted by Crippen LogP contribution is 2.35. The molecule has 0 aliphatic rings. The van der Waals surface area contributed by atoms with Gasteiger partial charge in [-0.3, -0.25) is 15.1 Å². The number of nitrogens with zero attached hydrogens (tertiary/aromatic N) is 4. The molecule has 4 heterocycles. The van der Waals surface area contributed by atoms with Crippen LogP contribution in [0.3, 0.4) is 0 Å². The molecular formula is C24H15FN6O. The van der Waals surface area contributed by atoms with Crippen molar-refractivity contribution in [1.82, 2.24) is 30.1 Å². The van der Waals surface area contributed by atoms with E-state index in [-0.39, 0.29) is 5.75 Å². The molecule has 0 aliphatic heterocycles. The second-order valence-corrected chi connectivity index (χ2v) is 7.43. The van der Waals surface area contributed by atoms with Crippen LogP contribution in [0.1, 0.15) is 0 Å². The summed E-state index contributed by atoms with van der Waals surface area (Å²) in [7, 11) is 0. The molecule has 0 spiro atoms. The van der Waals surface area contributed by atoms with Gasteiger partial charge in [-0.25, -0.2) is 9.37 Å². The Morgan fingerprint density at radius 1 is 0.875 bits per heavy atom. The zero-order valence-electron chi connectivity index (χ0n) is 16.5. The van der Waals surface area contributed by atoms with Gasteiger partial charge in [0.2, 0.25) is 0 Å². The van der Waals surface area contributed by atoms with Crippen LogP contribution in [0.25, 0.3) is 55.7 Å². The lowest BCUT2D eigenvalue weighted by Crippen LogP contribution is -1.86. The number of aromatic amines is 2. The minimum absolute atomic E-state index is 0.117. The fourth-order valence-electron chi connectivity index (χ4n) is 3.96. The average molecular weight is 422 g/mol. The smallest absolute Gasteiger partial charge is 0.155 e. The maximum Gasteiger partial charge on any atom is 0.155 e. The molecule has 0 fully saturated rings. The van der Waals surface area contributed by atoms with Gasteiger partial charge in [-0.05, 0) is 41.5 Å². The topological polar surface area (TPSA) is 103 Å². The van der Waals surface area contributed by atoms with Gasteiger partial charge < -0.3 is 10.1 Å². The first-order chi connectivity index (χ1) is 15.7. The highest BCUT2D eigenvalue weighted by molar-refractivity contribution is 6.01. The van der Waals surface area contributed by atoms with Crippen molar-refractivity contribution in [1.29, 1.82) is 0 Å². The predicted octanol–water partition coefficient (Wildman–Crippen LogP) is 5.07. The lowest BCUT2D eigenvalue weighted by atomic mass is 10.0. The van der Waals surface area contributed by atoms with Gasteiger partial charge in [0.25, 0.3) is 0 Å². The normalized spacial score (nSPS) is 11.4. The Bertz CT molecular complexity index is 1590. The summed E-state index contributed by atoms with van der Waals surface area (Å²) in [6.07, 6.45) is 6.68. The molecule has 8 heteroatoms. The first-order valence-electron chi connectivity index (χ1n) is 9.88. The lowest BCUT2D eigenvalue weighted by Gasteiger charge is -2.05. The first kappa shape index (κ1) is 18.2. The quantitative estimate of drug-likeness (QED) is 0.369. The molecule has 0 atom stereocenters. The van der Waals surface area contributed by atoms with Crippen molar-refractivity contribution in [2.75, 3.05) is 0 Å². The van der Waals surface area contributed by atoms with E-state index in [0.29, 0.717) is 16.9 Å². The molecule has 0 saturated carbocycles. The highest BCUT2D eigenvalue weighted by Gasteiger charge is 2.15. The molecule has 0 aliphatic carbocycles. The molecule has 154 valence electrons. The Morgan fingerprint density at radius 2 is 1.81 bits per heavy atom. The van der Waals surface area contributed by atoms with Crippen molar-refractivity contribution in [2.45, 2.75) is 0 Å². The van der Waals surface area contributed by atoms with Gasteiger partial charge in [-0.15, -0.1) is 0 Å². The summed E-state index contributed by atoms with van der Waals surface area (Å²) >= 11 is 0. The molecule has 7 nitrogen and oxygen atoms in total. The molecule has 6 aromatic rings. The molecule has 2 aromatic carbocycles. The van der Waals surface area contributed by atoms with Crippen molar-refractivity contribution in [3.8, 4) is 39.5 Å². The summed E-state index contributed by atoms with van der Waals surface area (Å²) in [5.74, 6) is -0.609. The number of aromatic nitrogens is 6. The summed E-state index contributed by atoms with van der Waals surface area (Å²) in [5, 5.41) is 19.0. The highest BCUT2D eigenvalue weighted by atomic mass is 19.1. The number of phenols is 1. The average Bonchev–Trinajstić information content (AvgIpc) is 3.42. The van der Waals surface area contributed by atoms with Crippen LogP contribution in [0, 0.1) is 5.82 Å². The van der Waals surface area contributed by atoms with Crippen molar-refractivity contribution in [3.63, 3.8) is 0 Å². The molecule has 4 aromatic heterocycles.